The number of rotatable bonds is 15. The highest BCUT2D eigenvalue weighted by Crippen LogP contribution is 2.61. The van der Waals surface area contributed by atoms with Crippen molar-refractivity contribution in [3.05, 3.63) is 133 Å². The van der Waals surface area contributed by atoms with Crippen LogP contribution >= 0.6 is 0 Å². The van der Waals surface area contributed by atoms with Gasteiger partial charge in [-0.25, -0.2) is 4.79 Å². The Morgan fingerprint density at radius 2 is 0.879 bits per heavy atom. The Kier molecular flexibility index (Phi) is 16.7. The maximum absolute atomic E-state index is 11.7. The third-order valence-electron chi connectivity index (χ3n) is 17.8. The fourth-order valence-electron chi connectivity index (χ4n) is 12.1. The molecule has 0 spiro atoms. The Morgan fingerprint density at radius 3 is 1.15 bits per heavy atom. The molecule has 2 fully saturated rings. The second-order valence-corrected chi connectivity index (χ2v) is 31.9. The van der Waals surface area contributed by atoms with E-state index in [0.717, 1.165) is 45.2 Å². The summed E-state index contributed by atoms with van der Waals surface area (Å²) < 4.78 is 19.4. The molecule has 0 aromatic heterocycles. The highest BCUT2D eigenvalue weighted by molar-refractivity contribution is 7.00. The van der Waals surface area contributed by atoms with Crippen molar-refractivity contribution >= 4 is 49.6 Å². The Balaban J connectivity index is 0.000000249. The van der Waals surface area contributed by atoms with Crippen LogP contribution in [0, 0.1) is 45.3 Å². The Labute approximate surface area is 402 Å². The second-order valence-electron chi connectivity index (χ2n) is 23.3. The van der Waals surface area contributed by atoms with E-state index in [-0.39, 0.29) is 49.5 Å². The van der Waals surface area contributed by atoms with Crippen molar-refractivity contribution in [1.82, 2.24) is 0 Å². The van der Waals surface area contributed by atoms with E-state index in [1.54, 1.807) is 6.08 Å². The summed E-state index contributed by atoms with van der Waals surface area (Å²) in [4.78, 5) is 23.4. The fourth-order valence-corrected chi connectivity index (χ4v) is 21.3. The highest BCUT2D eigenvalue weighted by atomic mass is 28.4. The van der Waals surface area contributed by atoms with Crippen molar-refractivity contribution in [2.24, 2.45) is 45.3 Å². The number of hydrogen-bond donors (Lipinski definition) is 0. The van der Waals surface area contributed by atoms with Crippen LogP contribution in [0.15, 0.2) is 133 Å². The van der Waals surface area contributed by atoms with Crippen LogP contribution < -0.4 is 20.7 Å². The van der Waals surface area contributed by atoms with Crippen LogP contribution in [-0.2, 0) is 23.2 Å². The number of esters is 1. The molecule has 0 aliphatic heterocycles. The van der Waals surface area contributed by atoms with E-state index in [1.807, 2.05) is 6.08 Å². The monoisotopic (exact) mass is 929 g/mol. The molecule has 0 radical (unpaired) electrons. The minimum Gasteiger partial charge on any atom is -0.466 e. The molecule has 358 valence electrons. The summed E-state index contributed by atoms with van der Waals surface area (Å²) in [7, 11) is -3.67. The SMILES string of the molecule is COC(=O)/C=C/[C@H](C)[C@@]1(C)CC[C@@H](CO[Si](c2ccccc2)(c2ccccc2)C(C)(C)C)C1(C)C.C[C@@H](C=O)[C@@]1(C)CC[C@@H](CO[Si](c2ccccc2)(c2ccccc2)C(C)(C)C)C1(C)C. The zero-order chi connectivity index (χ0) is 48.8. The summed E-state index contributed by atoms with van der Waals surface area (Å²) in [5.41, 5.74) is 0.169. The zero-order valence-electron chi connectivity index (χ0n) is 43.4. The smallest absolute Gasteiger partial charge is 0.330 e. The number of ether oxygens (including phenoxy) is 1. The van der Waals surface area contributed by atoms with Crippen LogP contribution in [0.3, 0.4) is 0 Å². The molecule has 5 nitrogen and oxygen atoms in total. The van der Waals surface area contributed by atoms with Gasteiger partial charge in [-0.1, -0.05) is 224 Å². The van der Waals surface area contributed by atoms with E-state index in [0.29, 0.717) is 11.8 Å². The molecule has 0 bridgehead atoms. The van der Waals surface area contributed by atoms with Gasteiger partial charge in [0.15, 0.2) is 0 Å². The van der Waals surface area contributed by atoms with Crippen molar-refractivity contribution in [3.63, 3.8) is 0 Å². The molecule has 0 unspecified atom stereocenters. The van der Waals surface area contributed by atoms with Gasteiger partial charge in [0, 0.05) is 25.2 Å². The summed E-state index contributed by atoms with van der Waals surface area (Å²) in [6.07, 6.45) is 9.18. The van der Waals surface area contributed by atoms with Gasteiger partial charge in [-0.3, -0.25) is 0 Å². The van der Waals surface area contributed by atoms with Gasteiger partial charge in [0.2, 0.25) is 0 Å². The van der Waals surface area contributed by atoms with Crippen LogP contribution in [-0.4, -0.2) is 49.2 Å². The first kappa shape index (κ1) is 53.1. The summed E-state index contributed by atoms with van der Waals surface area (Å²) in [5.74, 6) is 0.891. The van der Waals surface area contributed by atoms with Gasteiger partial charge in [-0.15, -0.1) is 0 Å². The second kappa shape index (κ2) is 20.8. The minimum atomic E-state index is -2.56. The lowest BCUT2D eigenvalue weighted by atomic mass is 9.60. The Hall–Kier alpha value is -3.89. The highest BCUT2D eigenvalue weighted by Gasteiger charge is 2.58. The first-order valence-electron chi connectivity index (χ1n) is 24.6. The Morgan fingerprint density at radius 1 is 0.576 bits per heavy atom. The molecule has 66 heavy (non-hydrogen) atoms. The maximum atomic E-state index is 11.7. The fraction of sp³-hybridized carbons (Fsp3) is 0.525. The normalized spacial score (nSPS) is 24.0. The summed E-state index contributed by atoms with van der Waals surface area (Å²) in [6, 6.07) is 43.5. The summed E-state index contributed by atoms with van der Waals surface area (Å²) in [6.45, 7) is 33.9. The quantitative estimate of drug-likeness (QED) is 0.0514. The number of methoxy groups -OCH3 is 1. The summed E-state index contributed by atoms with van der Waals surface area (Å²) >= 11 is 0. The predicted octanol–water partition coefficient (Wildman–Crippen LogP) is 12.2. The molecule has 6 rings (SSSR count). The number of carbonyl (C=O) groups is 2. The molecule has 2 aliphatic rings. The third-order valence-corrected chi connectivity index (χ3v) is 27.8. The molecule has 0 N–H and O–H groups in total. The third kappa shape index (κ3) is 9.98. The van der Waals surface area contributed by atoms with E-state index in [1.165, 1.54) is 27.9 Å². The Bertz CT molecular complexity index is 2110. The maximum Gasteiger partial charge on any atom is 0.330 e. The zero-order valence-corrected chi connectivity index (χ0v) is 45.4. The van der Waals surface area contributed by atoms with Crippen LogP contribution in [0.1, 0.15) is 123 Å². The van der Waals surface area contributed by atoms with Crippen molar-refractivity contribution in [1.29, 1.82) is 0 Å². The molecule has 0 saturated heterocycles. The number of aldehydes is 1. The minimum absolute atomic E-state index is 0.00815. The van der Waals surface area contributed by atoms with Gasteiger partial charge in [0.05, 0.1) is 7.11 Å². The van der Waals surface area contributed by atoms with Gasteiger partial charge in [0.25, 0.3) is 16.6 Å². The number of allylic oxidation sites excluding steroid dienone is 1. The van der Waals surface area contributed by atoms with Gasteiger partial charge in [-0.05, 0) is 95.9 Å². The number of benzene rings is 4. The van der Waals surface area contributed by atoms with Crippen LogP contribution in [0.25, 0.3) is 0 Å². The topological polar surface area (TPSA) is 61.8 Å². The first-order valence-corrected chi connectivity index (χ1v) is 28.4. The predicted molar refractivity (Wildman–Crippen MR) is 282 cm³/mol. The van der Waals surface area contributed by atoms with E-state index < -0.39 is 16.6 Å². The molecular formula is C59H84O5Si2. The van der Waals surface area contributed by atoms with Crippen LogP contribution in [0.2, 0.25) is 10.1 Å². The molecule has 4 aromatic carbocycles. The van der Waals surface area contributed by atoms with E-state index in [2.05, 4.69) is 218 Å². The summed E-state index contributed by atoms with van der Waals surface area (Å²) in [5, 5.41) is 5.26. The number of carbonyl (C=O) groups excluding carboxylic acids is 2. The standard InChI is InChI=1S/C31H44O3Si.C28H40O2Si/c1-24(19-20-28(32)33-8)31(7)22-21-25(30(31,5)6)23-34-35(29(2,3)4,26-15-11-9-12-16-26)27-17-13-10-14-18-27;1-22(20-29)28(7)19-18-23(27(28,5)6)21-30-31(26(2,3)4,24-14-10-8-11-15-24)25-16-12-9-13-17-25/h9-20,24-25H,21-23H2,1-8H3;8-17,20,22-23H,18-19,21H2,1-7H3/b20-19+;/t24-,25-,31+;22-,23-,28+/m00/s1. The molecule has 4 aromatic rings. The van der Waals surface area contributed by atoms with E-state index in [4.69, 9.17) is 13.6 Å². The molecule has 7 heteroatoms. The molecular weight excluding hydrogens is 845 g/mol. The first-order chi connectivity index (χ1) is 30.9. The average molecular weight is 929 g/mol. The molecule has 0 amide bonds. The van der Waals surface area contributed by atoms with Crippen LogP contribution in [0.4, 0.5) is 0 Å². The van der Waals surface area contributed by atoms with Gasteiger partial charge < -0.3 is 18.4 Å². The molecule has 2 saturated carbocycles. The lowest BCUT2D eigenvalue weighted by Crippen LogP contribution is -2.67. The lowest BCUT2D eigenvalue weighted by molar-refractivity contribution is -0.134. The van der Waals surface area contributed by atoms with Crippen molar-refractivity contribution in [3.8, 4) is 0 Å². The number of hydrogen-bond acceptors (Lipinski definition) is 5. The van der Waals surface area contributed by atoms with E-state index >= 15 is 0 Å². The largest absolute Gasteiger partial charge is 0.466 e. The molecule has 2 aliphatic carbocycles. The van der Waals surface area contributed by atoms with Crippen molar-refractivity contribution < 1.29 is 23.2 Å². The van der Waals surface area contributed by atoms with Gasteiger partial charge in [0.1, 0.15) is 6.29 Å². The van der Waals surface area contributed by atoms with E-state index in [9.17, 15) is 9.59 Å². The van der Waals surface area contributed by atoms with Crippen LogP contribution in [0.5, 0.6) is 0 Å². The molecule has 0 heterocycles. The lowest BCUT2D eigenvalue weighted by Gasteiger charge is -2.47. The van der Waals surface area contributed by atoms with Crippen molar-refractivity contribution in [2.75, 3.05) is 20.3 Å². The average Bonchev–Trinajstić information content (AvgIpc) is 3.68. The van der Waals surface area contributed by atoms with Gasteiger partial charge in [-0.2, -0.15) is 0 Å². The van der Waals surface area contributed by atoms with Crippen molar-refractivity contribution in [2.45, 2.75) is 133 Å². The molecule has 6 atom stereocenters. The van der Waals surface area contributed by atoms with Gasteiger partial charge >= 0.3 is 5.97 Å².